The van der Waals surface area contributed by atoms with Gasteiger partial charge in [-0.05, 0) is 0 Å². The minimum atomic E-state index is -0.0205. The highest BCUT2D eigenvalue weighted by atomic mass is 16.5. The van der Waals surface area contributed by atoms with Crippen LogP contribution in [0.1, 0.15) is 24.2 Å². The average molecular weight is 235 g/mol. The number of hydrogen-bond donors (Lipinski definition) is 0. The number of carbonyl (C=O) groups is 1. The van der Waals surface area contributed by atoms with E-state index < -0.39 is 0 Å². The second-order valence-corrected chi connectivity index (χ2v) is 4.39. The van der Waals surface area contributed by atoms with E-state index in [9.17, 15) is 4.79 Å². The molecule has 0 N–H and O–H groups in total. The van der Waals surface area contributed by atoms with E-state index in [0.717, 1.165) is 13.1 Å². The molecule has 1 aromatic heterocycles. The number of Topliss-reactive ketones (excluding diaryl/α,β-unsaturated/α-hetero) is 1. The number of anilines is 1. The van der Waals surface area contributed by atoms with Crippen LogP contribution in [0, 0.1) is 5.92 Å². The maximum Gasteiger partial charge on any atom is 0.225 e. The van der Waals surface area contributed by atoms with E-state index in [-0.39, 0.29) is 11.7 Å². The van der Waals surface area contributed by atoms with Crippen LogP contribution in [0.4, 0.5) is 5.95 Å². The predicted molar refractivity (Wildman–Crippen MR) is 64.2 cm³/mol. The first kappa shape index (κ1) is 12.0. The van der Waals surface area contributed by atoms with Gasteiger partial charge >= 0.3 is 0 Å². The van der Waals surface area contributed by atoms with Crippen molar-refractivity contribution < 1.29 is 9.53 Å². The Bertz CT molecular complexity index is 383. The van der Waals surface area contributed by atoms with E-state index in [1.54, 1.807) is 12.4 Å². The van der Waals surface area contributed by atoms with Crippen molar-refractivity contribution in [1.82, 2.24) is 9.97 Å². The molecule has 0 bridgehead atoms. The minimum absolute atomic E-state index is 0.0205. The molecule has 5 nitrogen and oxygen atoms in total. The van der Waals surface area contributed by atoms with Crippen LogP contribution < -0.4 is 4.90 Å². The zero-order chi connectivity index (χ0) is 12.3. The second-order valence-electron chi connectivity index (χ2n) is 4.39. The zero-order valence-corrected chi connectivity index (χ0v) is 10.2. The summed E-state index contributed by atoms with van der Waals surface area (Å²) < 4.78 is 5.26. The molecule has 1 saturated heterocycles. The highest BCUT2D eigenvalue weighted by molar-refractivity contribution is 5.96. The van der Waals surface area contributed by atoms with E-state index >= 15 is 0 Å². The van der Waals surface area contributed by atoms with Gasteiger partial charge in [0.25, 0.3) is 0 Å². The van der Waals surface area contributed by atoms with Crippen molar-refractivity contribution in [2.24, 2.45) is 5.92 Å². The van der Waals surface area contributed by atoms with Gasteiger partial charge in [-0.15, -0.1) is 0 Å². The summed E-state index contributed by atoms with van der Waals surface area (Å²) in [5.41, 5.74) is 0.581. The third-order valence-electron chi connectivity index (χ3n) is 2.74. The molecular weight excluding hydrogens is 218 g/mol. The lowest BCUT2D eigenvalue weighted by molar-refractivity contribution is 0.0938. The fourth-order valence-electron chi connectivity index (χ4n) is 1.71. The second kappa shape index (κ2) is 5.23. The fourth-order valence-corrected chi connectivity index (χ4v) is 1.71. The van der Waals surface area contributed by atoms with Crippen molar-refractivity contribution in [3.05, 3.63) is 18.0 Å². The maximum atomic E-state index is 11.7. The number of ether oxygens (including phenoxy) is 1. The summed E-state index contributed by atoms with van der Waals surface area (Å²) in [6.45, 7) is 6.76. The summed E-state index contributed by atoms with van der Waals surface area (Å²) in [6, 6.07) is 0. The van der Waals surface area contributed by atoms with Crippen LogP contribution in [-0.4, -0.2) is 42.1 Å². The van der Waals surface area contributed by atoms with Gasteiger partial charge in [-0.2, -0.15) is 0 Å². The first-order valence-corrected chi connectivity index (χ1v) is 5.87. The summed E-state index contributed by atoms with van der Waals surface area (Å²) in [7, 11) is 0. The van der Waals surface area contributed by atoms with Crippen LogP contribution >= 0.6 is 0 Å². The molecule has 1 aliphatic rings. The van der Waals surface area contributed by atoms with Crippen molar-refractivity contribution in [2.45, 2.75) is 13.8 Å². The molecule has 0 atom stereocenters. The van der Waals surface area contributed by atoms with Crippen molar-refractivity contribution in [3.8, 4) is 0 Å². The Balaban J connectivity index is 2.09. The number of aromatic nitrogens is 2. The molecule has 0 radical (unpaired) electrons. The number of ketones is 1. The van der Waals surface area contributed by atoms with Crippen LogP contribution in [0.5, 0.6) is 0 Å². The first-order valence-electron chi connectivity index (χ1n) is 5.87. The zero-order valence-electron chi connectivity index (χ0n) is 10.2. The molecule has 17 heavy (non-hydrogen) atoms. The summed E-state index contributed by atoms with van der Waals surface area (Å²) in [6.07, 6.45) is 3.22. The Morgan fingerprint density at radius 2 is 1.88 bits per heavy atom. The smallest absolute Gasteiger partial charge is 0.225 e. The van der Waals surface area contributed by atoms with Gasteiger partial charge in [0.1, 0.15) is 0 Å². The first-order chi connectivity index (χ1) is 8.18. The predicted octanol–water partition coefficient (Wildman–Crippen LogP) is 1.15. The van der Waals surface area contributed by atoms with Gasteiger partial charge in [-0.3, -0.25) is 4.79 Å². The lowest BCUT2D eigenvalue weighted by Crippen LogP contribution is -2.37. The highest BCUT2D eigenvalue weighted by Gasteiger charge is 2.15. The van der Waals surface area contributed by atoms with Crippen LogP contribution in [-0.2, 0) is 4.74 Å². The Kier molecular flexibility index (Phi) is 3.68. The van der Waals surface area contributed by atoms with Crippen LogP contribution in [0.25, 0.3) is 0 Å². The average Bonchev–Trinajstić information content (AvgIpc) is 2.39. The third-order valence-corrected chi connectivity index (χ3v) is 2.74. The van der Waals surface area contributed by atoms with Crippen LogP contribution in [0.15, 0.2) is 12.4 Å². The van der Waals surface area contributed by atoms with Gasteiger partial charge in [0, 0.05) is 31.4 Å². The molecule has 0 aromatic carbocycles. The van der Waals surface area contributed by atoms with Gasteiger partial charge < -0.3 is 9.64 Å². The minimum Gasteiger partial charge on any atom is -0.378 e. The van der Waals surface area contributed by atoms with Gasteiger partial charge in [0.15, 0.2) is 5.78 Å². The molecule has 0 amide bonds. The van der Waals surface area contributed by atoms with E-state index in [4.69, 9.17) is 4.74 Å². The van der Waals surface area contributed by atoms with E-state index in [2.05, 4.69) is 14.9 Å². The number of rotatable bonds is 3. The Labute approximate surface area is 101 Å². The van der Waals surface area contributed by atoms with Crippen molar-refractivity contribution in [3.63, 3.8) is 0 Å². The summed E-state index contributed by atoms with van der Waals surface area (Å²) in [4.78, 5) is 22.3. The van der Waals surface area contributed by atoms with Crippen LogP contribution in [0.2, 0.25) is 0 Å². The summed E-state index contributed by atoms with van der Waals surface area (Å²) >= 11 is 0. The molecule has 0 aliphatic carbocycles. The molecule has 0 spiro atoms. The number of morpholine rings is 1. The van der Waals surface area contributed by atoms with E-state index in [0.29, 0.717) is 24.7 Å². The molecule has 0 unspecified atom stereocenters. The normalized spacial score (nSPS) is 16.3. The molecule has 2 rings (SSSR count). The molecule has 0 saturated carbocycles. The molecule has 1 fully saturated rings. The van der Waals surface area contributed by atoms with E-state index in [1.807, 2.05) is 13.8 Å². The molecule has 1 aromatic rings. The molecule has 5 heteroatoms. The SMILES string of the molecule is CC(C)C(=O)c1cnc(N2CCOCC2)nc1. The standard InChI is InChI=1S/C12H17N3O2/c1-9(2)11(16)10-7-13-12(14-8-10)15-3-5-17-6-4-15/h7-9H,3-6H2,1-2H3. The summed E-state index contributed by atoms with van der Waals surface area (Å²) in [5.74, 6) is 0.736. The molecule has 1 aliphatic heterocycles. The van der Waals surface area contributed by atoms with Crippen molar-refractivity contribution in [2.75, 3.05) is 31.2 Å². The molecular formula is C12H17N3O2. The third kappa shape index (κ3) is 2.79. The Hall–Kier alpha value is -1.49. The monoisotopic (exact) mass is 235 g/mol. The van der Waals surface area contributed by atoms with E-state index in [1.165, 1.54) is 0 Å². The maximum absolute atomic E-state index is 11.7. The quantitative estimate of drug-likeness (QED) is 0.736. The number of hydrogen-bond acceptors (Lipinski definition) is 5. The highest BCUT2D eigenvalue weighted by Crippen LogP contribution is 2.11. The summed E-state index contributed by atoms with van der Waals surface area (Å²) in [5, 5.41) is 0. The van der Waals surface area contributed by atoms with Crippen molar-refractivity contribution >= 4 is 11.7 Å². The molecule has 2 heterocycles. The number of nitrogens with zero attached hydrogens (tertiary/aromatic N) is 3. The van der Waals surface area contributed by atoms with Gasteiger partial charge in [0.2, 0.25) is 5.95 Å². The number of carbonyl (C=O) groups excluding carboxylic acids is 1. The van der Waals surface area contributed by atoms with Crippen molar-refractivity contribution in [1.29, 1.82) is 0 Å². The lowest BCUT2D eigenvalue weighted by Gasteiger charge is -2.26. The van der Waals surface area contributed by atoms with Gasteiger partial charge in [-0.25, -0.2) is 9.97 Å². The fraction of sp³-hybridized carbons (Fsp3) is 0.583. The van der Waals surface area contributed by atoms with Gasteiger partial charge in [0.05, 0.1) is 18.8 Å². The topological polar surface area (TPSA) is 55.3 Å². The Morgan fingerprint density at radius 3 is 2.41 bits per heavy atom. The van der Waals surface area contributed by atoms with Gasteiger partial charge in [-0.1, -0.05) is 13.8 Å². The lowest BCUT2D eigenvalue weighted by atomic mass is 10.0. The molecule has 92 valence electrons. The largest absolute Gasteiger partial charge is 0.378 e. The Morgan fingerprint density at radius 1 is 1.29 bits per heavy atom. The van der Waals surface area contributed by atoms with Crippen LogP contribution in [0.3, 0.4) is 0 Å².